The molecule has 1 amide bonds. The quantitative estimate of drug-likeness (QED) is 0.849. The van der Waals surface area contributed by atoms with Crippen LogP contribution < -0.4 is 5.32 Å². The first-order chi connectivity index (χ1) is 8.56. The average molecular weight is 288 g/mol. The van der Waals surface area contributed by atoms with Gasteiger partial charge in [0.1, 0.15) is 10.3 Å². The second-order valence-corrected chi connectivity index (χ2v) is 5.29. The van der Waals surface area contributed by atoms with Crippen molar-refractivity contribution >= 4 is 29.1 Å². The molecule has 4 nitrogen and oxygen atoms in total. The van der Waals surface area contributed by atoms with Crippen LogP contribution in [0.1, 0.15) is 23.2 Å². The number of nitrogens with zero attached hydrogens (tertiary/aromatic N) is 2. The summed E-state index contributed by atoms with van der Waals surface area (Å²) in [5, 5.41) is 3.41. The number of piperidine rings is 1. The third-order valence-corrected chi connectivity index (χ3v) is 3.52. The van der Waals surface area contributed by atoms with Crippen LogP contribution in [0.2, 0.25) is 10.3 Å². The minimum Gasteiger partial charge on any atom is -0.348 e. The lowest BCUT2D eigenvalue weighted by atomic mass is 10.1. The zero-order valence-electron chi connectivity index (χ0n) is 10.1. The lowest BCUT2D eigenvalue weighted by Crippen LogP contribution is -2.46. The van der Waals surface area contributed by atoms with E-state index >= 15 is 0 Å². The highest BCUT2D eigenvalue weighted by Gasteiger charge is 2.21. The van der Waals surface area contributed by atoms with Gasteiger partial charge in [0.2, 0.25) is 0 Å². The molecular weight excluding hydrogens is 273 g/mol. The summed E-state index contributed by atoms with van der Waals surface area (Å²) < 4.78 is 0. The van der Waals surface area contributed by atoms with Crippen LogP contribution >= 0.6 is 23.2 Å². The van der Waals surface area contributed by atoms with Crippen LogP contribution in [0.3, 0.4) is 0 Å². The van der Waals surface area contributed by atoms with Gasteiger partial charge in [-0.1, -0.05) is 23.2 Å². The zero-order chi connectivity index (χ0) is 13.1. The second kappa shape index (κ2) is 5.87. The Morgan fingerprint density at radius 3 is 2.94 bits per heavy atom. The van der Waals surface area contributed by atoms with Gasteiger partial charge in [-0.3, -0.25) is 4.79 Å². The van der Waals surface area contributed by atoms with Crippen LogP contribution in [0.25, 0.3) is 0 Å². The summed E-state index contributed by atoms with van der Waals surface area (Å²) in [7, 11) is 2.05. The van der Waals surface area contributed by atoms with Crippen molar-refractivity contribution in [2.45, 2.75) is 18.9 Å². The normalized spacial score (nSPS) is 20.7. The monoisotopic (exact) mass is 287 g/mol. The molecule has 1 aromatic heterocycles. The molecule has 0 aromatic carbocycles. The van der Waals surface area contributed by atoms with E-state index in [0.29, 0.717) is 5.56 Å². The number of hydrogen-bond acceptors (Lipinski definition) is 3. The van der Waals surface area contributed by atoms with E-state index in [9.17, 15) is 4.79 Å². The number of carbonyl (C=O) groups excluding carboxylic acids is 1. The fraction of sp³-hybridized carbons (Fsp3) is 0.500. The van der Waals surface area contributed by atoms with E-state index in [-0.39, 0.29) is 22.3 Å². The SMILES string of the molecule is CN1CCCC(NC(=O)c2ccc(Cl)nc2Cl)C1. The fourth-order valence-corrected chi connectivity index (χ4v) is 2.56. The van der Waals surface area contributed by atoms with Crippen molar-refractivity contribution in [2.75, 3.05) is 20.1 Å². The fourth-order valence-electron chi connectivity index (χ4n) is 2.13. The first-order valence-corrected chi connectivity index (χ1v) is 6.63. The molecule has 1 atom stereocenters. The molecule has 0 saturated carbocycles. The molecule has 1 fully saturated rings. The predicted octanol–water partition coefficient (Wildman–Crippen LogP) is 2.21. The molecule has 0 radical (unpaired) electrons. The highest BCUT2D eigenvalue weighted by molar-refractivity contribution is 6.34. The largest absolute Gasteiger partial charge is 0.348 e. The third-order valence-electron chi connectivity index (χ3n) is 3.02. The van der Waals surface area contributed by atoms with Crippen molar-refractivity contribution in [3.8, 4) is 0 Å². The molecule has 1 aliphatic heterocycles. The maximum atomic E-state index is 12.1. The molecule has 0 spiro atoms. The molecule has 1 unspecified atom stereocenters. The molecule has 1 N–H and O–H groups in total. The van der Waals surface area contributed by atoms with Gasteiger partial charge in [0.05, 0.1) is 5.56 Å². The Morgan fingerprint density at radius 2 is 2.28 bits per heavy atom. The first kappa shape index (κ1) is 13.6. The minimum absolute atomic E-state index is 0.143. The van der Waals surface area contributed by atoms with Crippen LogP contribution in [0.15, 0.2) is 12.1 Å². The number of carbonyl (C=O) groups is 1. The first-order valence-electron chi connectivity index (χ1n) is 5.87. The van der Waals surface area contributed by atoms with E-state index in [2.05, 4.69) is 22.2 Å². The minimum atomic E-state index is -0.190. The molecule has 1 saturated heterocycles. The smallest absolute Gasteiger partial charge is 0.254 e. The van der Waals surface area contributed by atoms with Crippen molar-refractivity contribution in [1.82, 2.24) is 15.2 Å². The molecule has 1 aromatic rings. The Bertz CT molecular complexity index is 453. The lowest BCUT2D eigenvalue weighted by Gasteiger charge is -2.30. The summed E-state index contributed by atoms with van der Waals surface area (Å²) in [6, 6.07) is 3.33. The van der Waals surface area contributed by atoms with Crippen molar-refractivity contribution in [1.29, 1.82) is 0 Å². The zero-order valence-corrected chi connectivity index (χ0v) is 11.6. The summed E-state index contributed by atoms with van der Waals surface area (Å²) in [6.45, 7) is 1.94. The number of pyridine rings is 1. The molecule has 6 heteroatoms. The maximum absolute atomic E-state index is 12.1. The van der Waals surface area contributed by atoms with Gasteiger partial charge in [0.25, 0.3) is 5.91 Å². The van der Waals surface area contributed by atoms with E-state index < -0.39 is 0 Å². The van der Waals surface area contributed by atoms with Crippen molar-refractivity contribution in [3.05, 3.63) is 28.0 Å². The van der Waals surface area contributed by atoms with Gasteiger partial charge >= 0.3 is 0 Å². The van der Waals surface area contributed by atoms with E-state index in [4.69, 9.17) is 23.2 Å². The van der Waals surface area contributed by atoms with Crippen LogP contribution in [0.4, 0.5) is 0 Å². The Morgan fingerprint density at radius 1 is 1.50 bits per heavy atom. The Hall–Kier alpha value is -0.840. The standard InChI is InChI=1S/C12H15Cl2N3O/c1-17-6-2-3-8(7-17)15-12(18)9-4-5-10(13)16-11(9)14/h4-5,8H,2-3,6-7H2,1H3,(H,15,18). The summed E-state index contributed by atoms with van der Waals surface area (Å²) in [4.78, 5) is 18.1. The van der Waals surface area contributed by atoms with Crippen LogP contribution in [-0.4, -0.2) is 42.0 Å². The number of hydrogen-bond donors (Lipinski definition) is 1. The molecule has 1 aliphatic rings. The van der Waals surface area contributed by atoms with E-state index in [1.807, 2.05) is 0 Å². The molecule has 0 aliphatic carbocycles. The van der Waals surface area contributed by atoms with Gasteiger partial charge < -0.3 is 10.2 Å². The van der Waals surface area contributed by atoms with E-state index in [1.54, 1.807) is 12.1 Å². The van der Waals surface area contributed by atoms with Crippen LogP contribution in [0, 0.1) is 0 Å². The molecule has 18 heavy (non-hydrogen) atoms. The number of halogens is 2. The third kappa shape index (κ3) is 3.34. The second-order valence-electron chi connectivity index (χ2n) is 4.55. The van der Waals surface area contributed by atoms with Gasteiger partial charge in [-0.2, -0.15) is 0 Å². The number of amides is 1. The van der Waals surface area contributed by atoms with Crippen LogP contribution in [-0.2, 0) is 0 Å². The molecule has 2 rings (SSSR count). The van der Waals surface area contributed by atoms with Crippen LogP contribution in [0.5, 0.6) is 0 Å². The van der Waals surface area contributed by atoms with Gasteiger partial charge in [-0.15, -0.1) is 0 Å². The number of nitrogens with one attached hydrogen (secondary N) is 1. The van der Waals surface area contributed by atoms with Gasteiger partial charge in [0, 0.05) is 12.6 Å². The summed E-state index contributed by atoms with van der Waals surface area (Å²) >= 11 is 11.6. The molecule has 98 valence electrons. The number of likely N-dealkylation sites (tertiary alicyclic amines) is 1. The summed E-state index contributed by atoms with van der Waals surface area (Å²) in [5.41, 5.74) is 0.370. The average Bonchev–Trinajstić information content (AvgIpc) is 2.28. The molecule has 2 heterocycles. The van der Waals surface area contributed by atoms with E-state index in [1.165, 1.54) is 0 Å². The highest BCUT2D eigenvalue weighted by atomic mass is 35.5. The van der Waals surface area contributed by atoms with Crippen molar-refractivity contribution in [3.63, 3.8) is 0 Å². The Kier molecular flexibility index (Phi) is 4.43. The van der Waals surface area contributed by atoms with Gasteiger partial charge in [0.15, 0.2) is 0 Å². The van der Waals surface area contributed by atoms with Crippen molar-refractivity contribution in [2.24, 2.45) is 0 Å². The Balaban J connectivity index is 2.03. The van der Waals surface area contributed by atoms with Gasteiger partial charge in [-0.25, -0.2) is 4.98 Å². The molecule has 0 bridgehead atoms. The van der Waals surface area contributed by atoms with Crippen molar-refractivity contribution < 1.29 is 4.79 Å². The number of aromatic nitrogens is 1. The predicted molar refractivity (Wildman–Crippen MR) is 72.2 cm³/mol. The Labute approximate surface area is 116 Å². The van der Waals surface area contributed by atoms with Gasteiger partial charge in [-0.05, 0) is 38.6 Å². The topological polar surface area (TPSA) is 45.2 Å². The molecular formula is C12H15Cl2N3O. The summed E-state index contributed by atoms with van der Waals surface area (Å²) in [5.74, 6) is -0.190. The lowest BCUT2D eigenvalue weighted by molar-refractivity contribution is 0.0912. The summed E-state index contributed by atoms with van der Waals surface area (Å²) in [6.07, 6.45) is 2.09. The van der Waals surface area contributed by atoms with E-state index in [0.717, 1.165) is 25.9 Å². The number of likely N-dealkylation sites (N-methyl/N-ethyl adjacent to an activating group) is 1. The number of rotatable bonds is 2. The highest BCUT2D eigenvalue weighted by Crippen LogP contribution is 2.17. The maximum Gasteiger partial charge on any atom is 0.254 e.